The molecule has 10 heteroatoms. The minimum Gasteiger partial charge on any atom is -0.370 e. The fraction of sp³-hybridized carbons (Fsp3) is 0.500. The summed E-state index contributed by atoms with van der Waals surface area (Å²) in [6.45, 7) is 4.43. The van der Waals surface area contributed by atoms with E-state index in [4.69, 9.17) is 0 Å². The lowest BCUT2D eigenvalue weighted by Crippen LogP contribution is -2.37. The second kappa shape index (κ2) is 7.53. The van der Waals surface area contributed by atoms with Crippen LogP contribution in [0.25, 0.3) is 0 Å². The molecule has 0 bridgehead atoms. The van der Waals surface area contributed by atoms with Gasteiger partial charge in [-0.2, -0.15) is 18.3 Å². The van der Waals surface area contributed by atoms with Crippen molar-refractivity contribution in [1.82, 2.24) is 20.0 Å². The van der Waals surface area contributed by atoms with Gasteiger partial charge in [-0.3, -0.25) is 14.7 Å². The normalized spacial score (nSPS) is 22.8. The number of rotatable bonds is 2. The van der Waals surface area contributed by atoms with Gasteiger partial charge >= 0.3 is 6.18 Å². The highest BCUT2D eigenvalue weighted by atomic mass is 19.4. The molecule has 3 aliphatic heterocycles. The second-order valence-electron chi connectivity index (χ2n) is 8.87. The molecule has 1 aromatic heterocycles. The molecule has 7 nitrogen and oxygen atoms in total. The third-order valence-corrected chi connectivity index (χ3v) is 6.90. The zero-order chi connectivity index (χ0) is 22.6. The first-order valence-electron chi connectivity index (χ1n) is 10.7. The zero-order valence-electron chi connectivity index (χ0n) is 17.7. The van der Waals surface area contributed by atoms with Crippen molar-refractivity contribution in [2.45, 2.75) is 26.1 Å². The average molecular weight is 447 g/mol. The van der Waals surface area contributed by atoms with Gasteiger partial charge < -0.3 is 14.7 Å². The number of amides is 2. The van der Waals surface area contributed by atoms with Crippen LogP contribution in [0.5, 0.6) is 0 Å². The van der Waals surface area contributed by atoms with Gasteiger partial charge in [0.1, 0.15) is 0 Å². The molecule has 4 heterocycles. The number of H-pyrrole nitrogens is 1. The number of aromatic nitrogens is 2. The molecule has 3 aliphatic rings. The number of fused-ring (bicyclic) bond motifs is 2. The lowest BCUT2D eigenvalue weighted by molar-refractivity contribution is -0.137. The van der Waals surface area contributed by atoms with E-state index >= 15 is 0 Å². The number of nitrogens with zero attached hydrogens (tertiary/aromatic N) is 4. The van der Waals surface area contributed by atoms with Crippen molar-refractivity contribution < 1.29 is 22.8 Å². The number of hydrogen-bond acceptors (Lipinski definition) is 4. The number of nitrogens with one attached hydrogen (secondary N) is 1. The summed E-state index contributed by atoms with van der Waals surface area (Å²) in [7, 11) is 0. The molecule has 0 radical (unpaired) electrons. The van der Waals surface area contributed by atoms with Crippen LogP contribution in [-0.4, -0.2) is 64.5 Å². The average Bonchev–Trinajstić information content (AvgIpc) is 3.45. The van der Waals surface area contributed by atoms with Crippen LogP contribution in [0.15, 0.2) is 24.3 Å². The molecule has 1 aromatic carbocycles. The van der Waals surface area contributed by atoms with E-state index in [1.54, 1.807) is 20.8 Å². The Hall–Kier alpha value is -3.04. The molecule has 32 heavy (non-hydrogen) atoms. The maximum Gasteiger partial charge on any atom is 0.418 e. The molecule has 5 rings (SSSR count). The van der Waals surface area contributed by atoms with Crippen LogP contribution in [0, 0.1) is 11.8 Å². The summed E-state index contributed by atoms with van der Waals surface area (Å²) in [5, 5.41) is 7.18. The van der Waals surface area contributed by atoms with E-state index in [1.165, 1.54) is 19.1 Å². The zero-order valence-corrected chi connectivity index (χ0v) is 17.7. The van der Waals surface area contributed by atoms with Crippen LogP contribution in [-0.2, 0) is 23.9 Å². The first-order valence-corrected chi connectivity index (χ1v) is 10.7. The molecule has 2 atom stereocenters. The molecule has 170 valence electrons. The molecule has 2 saturated heterocycles. The number of anilines is 1. The number of halogens is 3. The van der Waals surface area contributed by atoms with E-state index in [9.17, 15) is 22.8 Å². The molecular weight excluding hydrogens is 423 g/mol. The summed E-state index contributed by atoms with van der Waals surface area (Å²) in [5.41, 5.74) is 1.60. The minimum absolute atomic E-state index is 0.0369. The molecule has 0 aliphatic carbocycles. The Balaban J connectivity index is 1.29. The number of hydrogen-bond donors (Lipinski definition) is 1. The molecule has 2 amide bonds. The Morgan fingerprint density at radius 1 is 1.06 bits per heavy atom. The van der Waals surface area contributed by atoms with Crippen molar-refractivity contribution in [3.8, 4) is 0 Å². The van der Waals surface area contributed by atoms with Gasteiger partial charge in [-0.15, -0.1) is 0 Å². The standard InChI is InChI=1S/C22H24F3N5O2/c1-13(31)28-7-6-18-16(12-28)20(27-26-18)21(32)30-10-14-8-29(9-15(14)11-30)19-5-3-2-4-17(19)22(23,24)25/h2-5,14-15H,6-12H2,1H3,(H,26,27)/t14-,15?/m0/s1. The number of benzene rings is 1. The monoisotopic (exact) mass is 447 g/mol. The van der Waals surface area contributed by atoms with Crippen molar-refractivity contribution in [3.05, 3.63) is 46.8 Å². The second-order valence-corrected chi connectivity index (χ2v) is 8.87. The van der Waals surface area contributed by atoms with Crippen LogP contribution in [0.2, 0.25) is 0 Å². The summed E-state index contributed by atoms with van der Waals surface area (Å²) in [4.78, 5) is 30.2. The smallest absolute Gasteiger partial charge is 0.370 e. The van der Waals surface area contributed by atoms with Crippen LogP contribution in [0.4, 0.5) is 18.9 Å². The summed E-state index contributed by atoms with van der Waals surface area (Å²) >= 11 is 0. The predicted octanol–water partition coefficient (Wildman–Crippen LogP) is 2.54. The van der Waals surface area contributed by atoms with E-state index in [1.807, 2.05) is 0 Å². The number of aromatic amines is 1. The predicted molar refractivity (Wildman–Crippen MR) is 110 cm³/mol. The first-order chi connectivity index (χ1) is 15.2. The number of likely N-dealkylation sites (tertiary alicyclic amines) is 1. The van der Waals surface area contributed by atoms with Crippen molar-refractivity contribution in [2.75, 3.05) is 37.6 Å². The van der Waals surface area contributed by atoms with Gasteiger partial charge in [0, 0.05) is 81.4 Å². The maximum atomic E-state index is 13.4. The highest BCUT2D eigenvalue weighted by molar-refractivity contribution is 5.94. The van der Waals surface area contributed by atoms with Gasteiger partial charge in [0.2, 0.25) is 5.91 Å². The van der Waals surface area contributed by atoms with Gasteiger partial charge in [0.25, 0.3) is 5.91 Å². The van der Waals surface area contributed by atoms with Gasteiger partial charge in [-0.05, 0) is 12.1 Å². The van der Waals surface area contributed by atoms with Gasteiger partial charge in [-0.25, -0.2) is 0 Å². The van der Waals surface area contributed by atoms with E-state index in [2.05, 4.69) is 10.2 Å². The molecule has 1 unspecified atom stereocenters. The van der Waals surface area contributed by atoms with Crippen LogP contribution < -0.4 is 4.90 Å². The van der Waals surface area contributed by atoms with Crippen LogP contribution >= 0.6 is 0 Å². The third-order valence-electron chi connectivity index (χ3n) is 6.90. The van der Waals surface area contributed by atoms with Crippen LogP contribution in [0.1, 0.15) is 34.2 Å². The molecule has 1 N–H and O–H groups in total. The quantitative estimate of drug-likeness (QED) is 0.768. The molecule has 0 spiro atoms. The molecule has 2 fully saturated rings. The van der Waals surface area contributed by atoms with E-state index in [0.717, 1.165) is 17.3 Å². The van der Waals surface area contributed by atoms with Crippen molar-refractivity contribution >= 4 is 17.5 Å². The summed E-state index contributed by atoms with van der Waals surface area (Å²) in [6.07, 6.45) is -3.77. The Bertz CT molecular complexity index is 1050. The third kappa shape index (κ3) is 3.51. The SMILES string of the molecule is CC(=O)N1CCc2[nH]nc(C(=O)N3CC4CN(c5ccccc5C(F)(F)F)C[C@H]4C3)c2C1. The van der Waals surface area contributed by atoms with Gasteiger partial charge in [-0.1, -0.05) is 12.1 Å². The number of carbonyl (C=O) groups is 2. The molecule has 0 saturated carbocycles. The minimum atomic E-state index is -4.40. The summed E-state index contributed by atoms with van der Waals surface area (Å²) in [5.74, 6) is 0.0159. The molecular formula is C22H24F3N5O2. The van der Waals surface area contributed by atoms with Crippen molar-refractivity contribution in [3.63, 3.8) is 0 Å². The fourth-order valence-corrected chi connectivity index (χ4v) is 5.24. The Morgan fingerprint density at radius 3 is 2.41 bits per heavy atom. The van der Waals surface area contributed by atoms with Crippen molar-refractivity contribution in [2.24, 2.45) is 11.8 Å². The van der Waals surface area contributed by atoms with Crippen molar-refractivity contribution in [1.29, 1.82) is 0 Å². The van der Waals surface area contributed by atoms with E-state index < -0.39 is 11.7 Å². The lowest BCUT2D eigenvalue weighted by Gasteiger charge is -2.27. The van der Waals surface area contributed by atoms with Gasteiger partial charge in [0.05, 0.1) is 5.56 Å². The first kappa shape index (κ1) is 20.8. The number of carbonyl (C=O) groups excluding carboxylic acids is 2. The van der Waals surface area contributed by atoms with E-state index in [-0.39, 0.29) is 29.3 Å². The number of alkyl halides is 3. The topological polar surface area (TPSA) is 72.5 Å². The fourth-order valence-electron chi connectivity index (χ4n) is 5.24. The maximum absolute atomic E-state index is 13.4. The Kier molecular flexibility index (Phi) is 4.90. The summed E-state index contributed by atoms with van der Waals surface area (Å²) in [6, 6.07) is 5.66. The lowest BCUT2D eigenvalue weighted by atomic mass is 10.0. The highest BCUT2D eigenvalue weighted by Gasteiger charge is 2.44. The van der Waals surface area contributed by atoms with E-state index in [0.29, 0.717) is 51.4 Å². The Morgan fingerprint density at radius 2 is 1.75 bits per heavy atom. The van der Waals surface area contributed by atoms with Gasteiger partial charge in [0.15, 0.2) is 5.69 Å². The summed E-state index contributed by atoms with van der Waals surface area (Å²) < 4.78 is 40.3. The largest absolute Gasteiger partial charge is 0.418 e. The number of para-hydroxylation sites is 1. The highest BCUT2D eigenvalue weighted by Crippen LogP contribution is 2.41. The Labute approximate surface area is 183 Å². The molecule has 2 aromatic rings. The van der Waals surface area contributed by atoms with Crippen LogP contribution in [0.3, 0.4) is 0 Å².